The first kappa shape index (κ1) is 24.4. The third-order valence-electron chi connectivity index (χ3n) is 5.53. The molecule has 2 aromatic carbocycles. The molecule has 7 nitrogen and oxygen atoms in total. The van der Waals surface area contributed by atoms with E-state index in [-0.39, 0.29) is 18.1 Å². The van der Waals surface area contributed by atoms with Gasteiger partial charge in [-0.15, -0.1) is 0 Å². The van der Waals surface area contributed by atoms with Crippen molar-refractivity contribution in [3.8, 4) is 5.75 Å². The van der Waals surface area contributed by atoms with Crippen LogP contribution in [0.1, 0.15) is 16.8 Å². The lowest BCUT2D eigenvalue weighted by Gasteiger charge is -2.23. The maximum atomic E-state index is 13.8. The fourth-order valence-electron chi connectivity index (χ4n) is 3.68. The Labute approximate surface area is 206 Å². The molecule has 0 unspecified atom stereocenters. The Morgan fingerprint density at radius 1 is 1.00 bits per heavy atom. The van der Waals surface area contributed by atoms with Crippen LogP contribution in [0, 0.1) is 11.6 Å². The number of carbonyl (C=O) groups is 2. The molecule has 2 heterocycles. The summed E-state index contributed by atoms with van der Waals surface area (Å²) in [4.78, 5) is 33.1. The number of hydrogen-bond acceptors (Lipinski definition) is 5. The molecular weight excluding hydrogens is 478 g/mol. The normalized spacial score (nSPS) is 13.8. The quantitative estimate of drug-likeness (QED) is 0.543. The minimum Gasteiger partial charge on any atom is -0.484 e. The zero-order chi connectivity index (χ0) is 24.8. The van der Waals surface area contributed by atoms with Gasteiger partial charge in [0.1, 0.15) is 23.2 Å². The predicted octanol–water partition coefficient (Wildman–Crippen LogP) is 4.38. The van der Waals surface area contributed by atoms with E-state index in [2.05, 4.69) is 15.2 Å². The smallest absolute Gasteiger partial charge is 0.260 e. The number of nitrogens with one attached hydrogen (secondary N) is 1. The maximum Gasteiger partial charge on any atom is 0.260 e. The largest absolute Gasteiger partial charge is 0.484 e. The van der Waals surface area contributed by atoms with Gasteiger partial charge >= 0.3 is 0 Å². The highest BCUT2D eigenvalue weighted by Gasteiger charge is 2.20. The summed E-state index contributed by atoms with van der Waals surface area (Å²) in [5.41, 5.74) is 0.126. The minimum atomic E-state index is -0.936. The average molecular weight is 501 g/mol. The molecule has 1 saturated heterocycles. The highest BCUT2D eigenvalue weighted by molar-refractivity contribution is 6.30. The summed E-state index contributed by atoms with van der Waals surface area (Å²) in [6, 6.07) is 13.0. The van der Waals surface area contributed by atoms with E-state index < -0.39 is 17.5 Å². The lowest BCUT2D eigenvalue weighted by Crippen LogP contribution is -2.38. The average Bonchev–Trinajstić information content (AvgIpc) is 3.10. The van der Waals surface area contributed by atoms with Gasteiger partial charge in [0.05, 0.1) is 17.4 Å². The number of amides is 2. The van der Waals surface area contributed by atoms with Gasteiger partial charge in [-0.05, 0) is 55.0 Å². The molecule has 1 aliphatic heterocycles. The lowest BCUT2D eigenvalue weighted by molar-refractivity contribution is -0.133. The molecular formula is C25H23ClF2N4O3. The summed E-state index contributed by atoms with van der Waals surface area (Å²) in [5, 5.41) is 3.16. The van der Waals surface area contributed by atoms with E-state index in [4.69, 9.17) is 16.3 Å². The Kier molecular flexibility index (Phi) is 7.77. The standard InChI is InChI=1S/C25H23ClF2N4O3/c26-17-2-6-20(7-3-17)35-16-24(33)32-11-1-10-31(12-13-32)23-9-5-19(15-29-23)30-25(34)21-8-4-18(27)14-22(21)28/h2-9,14-15H,1,10-13,16H2,(H,30,34). The highest BCUT2D eigenvalue weighted by Crippen LogP contribution is 2.19. The fourth-order valence-corrected chi connectivity index (χ4v) is 3.81. The summed E-state index contributed by atoms with van der Waals surface area (Å²) in [6.07, 6.45) is 2.24. The van der Waals surface area contributed by atoms with Crippen molar-refractivity contribution >= 4 is 34.9 Å². The van der Waals surface area contributed by atoms with Gasteiger partial charge in [-0.25, -0.2) is 13.8 Å². The zero-order valence-electron chi connectivity index (χ0n) is 18.7. The summed E-state index contributed by atoms with van der Waals surface area (Å²) in [6.45, 7) is 2.37. The topological polar surface area (TPSA) is 74.8 Å². The first-order valence-electron chi connectivity index (χ1n) is 11.0. The molecule has 1 aromatic heterocycles. The monoisotopic (exact) mass is 500 g/mol. The Balaban J connectivity index is 1.30. The number of hydrogen-bond donors (Lipinski definition) is 1. The number of nitrogens with zero attached hydrogens (tertiary/aromatic N) is 3. The summed E-state index contributed by atoms with van der Waals surface area (Å²) >= 11 is 5.86. The Bertz CT molecular complexity index is 1190. The zero-order valence-corrected chi connectivity index (χ0v) is 19.5. The molecule has 182 valence electrons. The van der Waals surface area contributed by atoms with E-state index in [1.165, 1.54) is 6.20 Å². The van der Waals surface area contributed by atoms with Crippen LogP contribution in [-0.2, 0) is 4.79 Å². The van der Waals surface area contributed by atoms with Crippen LogP contribution >= 0.6 is 11.6 Å². The van der Waals surface area contributed by atoms with Gasteiger partial charge in [-0.3, -0.25) is 9.59 Å². The molecule has 1 fully saturated rings. The van der Waals surface area contributed by atoms with Crippen molar-refractivity contribution in [2.75, 3.05) is 43.0 Å². The Morgan fingerprint density at radius 3 is 2.51 bits per heavy atom. The van der Waals surface area contributed by atoms with Gasteiger partial charge in [0.25, 0.3) is 11.8 Å². The molecule has 0 aliphatic carbocycles. The molecule has 35 heavy (non-hydrogen) atoms. The first-order chi connectivity index (χ1) is 16.9. The molecule has 3 aromatic rings. The van der Waals surface area contributed by atoms with Gasteiger partial charge < -0.3 is 19.9 Å². The van der Waals surface area contributed by atoms with Gasteiger partial charge in [0.2, 0.25) is 0 Å². The van der Waals surface area contributed by atoms with Gasteiger partial charge in [-0.2, -0.15) is 0 Å². The number of rotatable bonds is 6. The van der Waals surface area contributed by atoms with E-state index in [0.717, 1.165) is 18.6 Å². The predicted molar refractivity (Wildman–Crippen MR) is 129 cm³/mol. The second kappa shape index (κ2) is 11.1. The van der Waals surface area contributed by atoms with E-state index in [1.54, 1.807) is 41.3 Å². The molecule has 10 heteroatoms. The molecule has 2 amide bonds. The van der Waals surface area contributed by atoms with Crippen LogP contribution in [-0.4, -0.2) is 54.5 Å². The van der Waals surface area contributed by atoms with Crippen molar-refractivity contribution < 1.29 is 23.1 Å². The third-order valence-corrected chi connectivity index (χ3v) is 5.78. The summed E-state index contributed by atoms with van der Waals surface area (Å²) in [5.74, 6) is -1.20. The summed E-state index contributed by atoms with van der Waals surface area (Å²) in [7, 11) is 0. The van der Waals surface area contributed by atoms with Crippen LogP contribution in [0.2, 0.25) is 5.02 Å². The molecule has 1 N–H and O–H groups in total. The van der Waals surface area contributed by atoms with Crippen molar-refractivity contribution in [2.24, 2.45) is 0 Å². The second-order valence-corrected chi connectivity index (χ2v) is 8.38. The van der Waals surface area contributed by atoms with E-state index in [9.17, 15) is 18.4 Å². The van der Waals surface area contributed by atoms with Crippen LogP contribution in [0.5, 0.6) is 5.75 Å². The van der Waals surface area contributed by atoms with Gasteiger partial charge in [-0.1, -0.05) is 11.6 Å². The van der Waals surface area contributed by atoms with Gasteiger partial charge in [0, 0.05) is 37.3 Å². The van der Waals surface area contributed by atoms with Crippen molar-refractivity contribution in [2.45, 2.75) is 6.42 Å². The molecule has 0 spiro atoms. The second-order valence-electron chi connectivity index (χ2n) is 7.95. The number of anilines is 2. The number of halogens is 3. The van der Waals surface area contributed by atoms with Crippen LogP contribution in [0.4, 0.5) is 20.3 Å². The number of benzene rings is 2. The van der Waals surface area contributed by atoms with Crippen molar-refractivity contribution in [3.05, 3.63) is 83.0 Å². The van der Waals surface area contributed by atoms with Crippen molar-refractivity contribution in [1.29, 1.82) is 0 Å². The van der Waals surface area contributed by atoms with E-state index in [0.29, 0.717) is 54.5 Å². The molecule has 0 atom stereocenters. The van der Waals surface area contributed by atoms with E-state index >= 15 is 0 Å². The first-order valence-corrected chi connectivity index (χ1v) is 11.4. The van der Waals surface area contributed by atoms with Crippen LogP contribution in [0.25, 0.3) is 0 Å². The van der Waals surface area contributed by atoms with Crippen LogP contribution < -0.4 is 15.0 Å². The Morgan fingerprint density at radius 2 is 1.80 bits per heavy atom. The molecule has 0 saturated carbocycles. The summed E-state index contributed by atoms with van der Waals surface area (Å²) < 4.78 is 32.4. The van der Waals surface area contributed by atoms with E-state index in [1.807, 2.05) is 0 Å². The minimum absolute atomic E-state index is 0.0527. The van der Waals surface area contributed by atoms with Crippen molar-refractivity contribution in [1.82, 2.24) is 9.88 Å². The number of pyridine rings is 1. The van der Waals surface area contributed by atoms with Gasteiger partial charge in [0.15, 0.2) is 6.61 Å². The Hall–Kier alpha value is -3.72. The molecule has 0 radical (unpaired) electrons. The fraction of sp³-hybridized carbons (Fsp3) is 0.240. The van der Waals surface area contributed by atoms with Crippen LogP contribution in [0.15, 0.2) is 60.8 Å². The highest BCUT2D eigenvalue weighted by atomic mass is 35.5. The number of carbonyl (C=O) groups excluding carboxylic acids is 2. The molecule has 4 rings (SSSR count). The maximum absolute atomic E-state index is 13.8. The third kappa shape index (κ3) is 6.45. The molecule has 0 bridgehead atoms. The van der Waals surface area contributed by atoms with Crippen LogP contribution in [0.3, 0.4) is 0 Å². The number of ether oxygens (including phenoxy) is 1. The lowest BCUT2D eigenvalue weighted by atomic mass is 10.2. The number of aromatic nitrogens is 1. The molecule has 1 aliphatic rings. The van der Waals surface area contributed by atoms with Crippen molar-refractivity contribution in [3.63, 3.8) is 0 Å². The SMILES string of the molecule is O=C(Nc1ccc(N2CCCN(C(=O)COc3ccc(Cl)cc3)CC2)nc1)c1ccc(F)cc1F.